The van der Waals surface area contributed by atoms with Crippen LogP contribution >= 0.6 is 22.7 Å². The fraction of sp³-hybridized carbons (Fsp3) is 0.452. The number of carbonyl (C=O) groups excluding carboxylic acids is 1. The number of hydrogen-bond acceptors (Lipinski definition) is 9. The topological polar surface area (TPSA) is 107 Å². The maximum Gasteiger partial charge on any atom is 0.308 e. The van der Waals surface area contributed by atoms with Crippen molar-refractivity contribution in [1.82, 2.24) is 14.7 Å². The van der Waals surface area contributed by atoms with E-state index in [1.165, 1.54) is 11.3 Å². The molecular weight excluding hydrogens is 591 g/mol. The van der Waals surface area contributed by atoms with Crippen LogP contribution in [0.4, 0.5) is 0 Å². The van der Waals surface area contributed by atoms with Crippen LogP contribution in [0.15, 0.2) is 63.5 Å². The number of hydrogen-bond donors (Lipinski definition) is 1. The molecule has 232 valence electrons. The Hall–Kier alpha value is -2.86. The lowest BCUT2D eigenvalue weighted by molar-refractivity contribution is -0.148. The minimum absolute atomic E-state index is 0. The van der Waals surface area contributed by atoms with Crippen molar-refractivity contribution in [2.75, 3.05) is 0 Å². The van der Waals surface area contributed by atoms with Gasteiger partial charge in [-0.25, -0.2) is 23.1 Å². The second kappa shape index (κ2) is 17.3. The van der Waals surface area contributed by atoms with Gasteiger partial charge in [0.15, 0.2) is 0 Å². The zero-order valence-corrected chi connectivity index (χ0v) is 26.1. The van der Waals surface area contributed by atoms with Crippen molar-refractivity contribution >= 4 is 49.7 Å². The molecule has 11 heteroatoms. The number of nitrogens with one attached hydrogen (secondary N) is 1. The monoisotopic (exact) mass is 635 g/mol. The van der Waals surface area contributed by atoms with Gasteiger partial charge in [-0.2, -0.15) is 0 Å². The normalized spacial score (nSPS) is 12.4. The Morgan fingerprint density at radius 2 is 1.48 bits per heavy atom. The van der Waals surface area contributed by atoms with E-state index in [-0.39, 0.29) is 45.0 Å². The highest BCUT2D eigenvalue weighted by Crippen LogP contribution is 2.32. The minimum Gasteiger partial charge on any atom is -0.473 e. The van der Waals surface area contributed by atoms with Crippen LogP contribution < -0.4 is 9.46 Å². The zero-order valence-electron chi connectivity index (χ0n) is 23.7. The van der Waals surface area contributed by atoms with Gasteiger partial charge < -0.3 is 9.47 Å². The molecular formula is C31H45N3O5S3. The van der Waals surface area contributed by atoms with E-state index in [1.807, 2.05) is 69.5 Å². The Kier molecular flexibility index (Phi) is 15.3. The molecule has 4 aromatic rings. The van der Waals surface area contributed by atoms with Crippen LogP contribution in [0, 0.1) is 5.92 Å². The second-order valence-electron chi connectivity index (χ2n) is 10.0. The Morgan fingerprint density at radius 3 is 1.95 bits per heavy atom. The van der Waals surface area contributed by atoms with Crippen LogP contribution in [-0.2, 0) is 19.6 Å². The molecule has 1 saturated carbocycles. The van der Waals surface area contributed by atoms with Gasteiger partial charge in [-0.15, -0.1) is 22.7 Å². The number of fused-ring (bicyclic) bond motifs is 1. The summed E-state index contributed by atoms with van der Waals surface area (Å²) in [6, 6.07) is 15.2. The van der Waals surface area contributed by atoms with Gasteiger partial charge in [-0.1, -0.05) is 53.0 Å². The van der Waals surface area contributed by atoms with Gasteiger partial charge in [0.1, 0.15) is 16.0 Å². The van der Waals surface area contributed by atoms with E-state index in [1.54, 1.807) is 42.7 Å². The smallest absolute Gasteiger partial charge is 0.308 e. The number of rotatable bonds is 8. The van der Waals surface area contributed by atoms with Crippen molar-refractivity contribution in [1.29, 1.82) is 0 Å². The summed E-state index contributed by atoms with van der Waals surface area (Å²) in [4.78, 5) is 21.1. The molecule has 1 fully saturated rings. The first-order chi connectivity index (χ1) is 19.0. The molecule has 1 N–H and O–H groups in total. The van der Waals surface area contributed by atoms with E-state index >= 15 is 0 Å². The van der Waals surface area contributed by atoms with E-state index in [4.69, 9.17) is 14.5 Å². The summed E-state index contributed by atoms with van der Waals surface area (Å²) in [5.74, 6) is 0.583. The number of para-hydroxylation sites is 2. The summed E-state index contributed by atoms with van der Waals surface area (Å²) >= 11 is 2.86. The Morgan fingerprint density at radius 1 is 0.881 bits per heavy atom. The molecule has 1 aromatic carbocycles. The van der Waals surface area contributed by atoms with Crippen molar-refractivity contribution in [2.45, 2.75) is 91.7 Å². The number of thiophene rings is 2. The molecule has 0 aliphatic heterocycles. The maximum atomic E-state index is 11.4. The van der Waals surface area contributed by atoms with Crippen LogP contribution in [0.5, 0.6) is 5.88 Å². The molecule has 0 bridgehead atoms. The first kappa shape index (κ1) is 37.2. The molecule has 3 heterocycles. The van der Waals surface area contributed by atoms with Gasteiger partial charge in [0.2, 0.25) is 15.9 Å². The zero-order chi connectivity index (χ0) is 29.3. The van der Waals surface area contributed by atoms with Crippen molar-refractivity contribution < 1.29 is 22.7 Å². The van der Waals surface area contributed by atoms with Crippen LogP contribution in [-0.4, -0.2) is 42.6 Å². The molecule has 0 saturated heterocycles. The number of sulfonamides is 1. The quantitative estimate of drug-likeness (QED) is 0.194. The molecule has 0 amide bonds. The fourth-order valence-corrected chi connectivity index (χ4v) is 6.10. The van der Waals surface area contributed by atoms with Gasteiger partial charge in [0.25, 0.3) is 0 Å². The van der Waals surface area contributed by atoms with E-state index in [0.29, 0.717) is 10.1 Å². The number of carbonyl (C=O) groups is 1. The van der Waals surface area contributed by atoms with E-state index < -0.39 is 10.0 Å². The standard InChI is InChI=1S/C15H14N2OS.C7H11NO2S2.C7H12O2.2CH4/c1-10(2)18-15-14(13-8-5-9-19-13)16-11-6-3-4-7-12(11)17-15;1-6(2)8-12(9,10)7-4-3-5-11-7;1-5(2)7(8)9-6-3-4-6;;/h3-10H,1-2H3;3-6,8H,1-2H3;5-6H,3-4H2,1-2H3;2*1H4. The highest BCUT2D eigenvalue weighted by atomic mass is 32.2. The SMILES string of the molecule is C.C.CC(C)C(=O)OC1CC1.CC(C)NS(=O)(=O)c1cccs1.CC(C)Oc1nc2ccccc2nc1-c1cccs1. The first-order valence-corrected chi connectivity index (χ1v) is 16.4. The van der Waals surface area contributed by atoms with Crippen LogP contribution in [0.2, 0.25) is 0 Å². The lowest BCUT2D eigenvalue weighted by Crippen LogP contribution is -2.29. The van der Waals surface area contributed by atoms with E-state index in [0.717, 1.165) is 34.4 Å². The van der Waals surface area contributed by atoms with Crippen molar-refractivity contribution in [3.8, 4) is 16.5 Å². The van der Waals surface area contributed by atoms with Crippen molar-refractivity contribution in [3.05, 3.63) is 59.3 Å². The maximum absolute atomic E-state index is 11.4. The van der Waals surface area contributed by atoms with Crippen LogP contribution in [0.1, 0.15) is 69.2 Å². The van der Waals surface area contributed by atoms with Crippen molar-refractivity contribution in [2.24, 2.45) is 5.92 Å². The molecule has 1 aliphatic rings. The van der Waals surface area contributed by atoms with Gasteiger partial charge in [-0.3, -0.25) is 4.79 Å². The Balaban J connectivity index is 0.000000333. The highest BCUT2D eigenvalue weighted by molar-refractivity contribution is 7.91. The number of aromatic nitrogens is 2. The Labute approximate surface area is 259 Å². The molecule has 3 aromatic heterocycles. The van der Waals surface area contributed by atoms with Gasteiger partial charge in [-0.05, 0) is 75.6 Å². The average molecular weight is 636 g/mol. The lowest BCUT2D eigenvalue weighted by atomic mass is 10.2. The van der Waals surface area contributed by atoms with Gasteiger partial charge in [0.05, 0.1) is 27.9 Å². The lowest BCUT2D eigenvalue weighted by Gasteiger charge is -2.12. The van der Waals surface area contributed by atoms with Gasteiger partial charge in [0, 0.05) is 6.04 Å². The molecule has 8 nitrogen and oxygen atoms in total. The second-order valence-corrected chi connectivity index (χ2v) is 13.8. The molecule has 0 radical (unpaired) electrons. The van der Waals surface area contributed by atoms with E-state index in [9.17, 15) is 13.2 Å². The average Bonchev–Trinajstić information content (AvgIpc) is 3.32. The summed E-state index contributed by atoms with van der Waals surface area (Å²) in [7, 11) is -3.25. The highest BCUT2D eigenvalue weighted by Gasteiger charge is 2.26. The minimum atomic E-state index is -3.25. The Bertz CT molecular complexity index is 1450. The predicted octanol–water partition coefficient (Wildman–Crippen LogP) is 8.20. The third kappa shape index (κ3) is 11.8. The third-order valence-electron chi connectivity index (χ3n) is 5.07. The van der Waals surface area contributed by atoms with Crippen LogP contribution in [0.3, 0.4) is 0 Å². The number of nitrogens with zero attached hydrogens (tertiary/aromatic N) is 2. The first-order valence-electron chi connectivity index (χ1n) is 13.2. The van der Waals surface area contributed by atoms with Crippen molar-refractivity contribution in [3.63, 3.8) is 0 Å². The summed E-state index contributed by atoms with van der Waals surface area (Å²) < 4.78 is 36.5. The summed E-state index contributed by atoms with van der Waals surface area (Å²) in [5.41, 5.74) is 2.57. The summed E-state index contributed by atoms with van der Waals surface area (Å²) in [6.45, 7) is 11.3. The summed E-state index contributed by atoms with van der Waals surface area (Å²) in [6.07, 6.45) is 2.48. The third-order valence-corrected chi connectivity index (χ3v) is 9.00. The predicted molar refractivity (Wildman–Crippen MR) is 176 cm³/mol. The number of ether oxygens (including phenoxy) is 2. The number of benzene rings is 1. The largest absolute Gasteiger partial charge is 0.473 e. The van der Waals surface area contributed by atoms with Gasteiger partial charge >= 0.3 is 5.97 Å². The molecule has 0 atom stereocenters. The number of esters is 1. The molecule has 5 rings (SSSR count). The molecule has 0 unspecified atom stereocenters. The molecule has 0 spiro atoms. The van der Waals surface area contributed by atoms with Crippen LogP contribution in [0.25, 0.3) is 21.6 Å². The summed E-state index contributed by atoms with van der Waals surface area (Å²) in [5, 5.41) is 3.78. The fourth-order valence-electron chi connectivity index (χ4n) is 3.13. The molecule has 1 aliphatic carbocycles. The molecule has 42 heavy (non-hydrogen) atoms. The van der Waals surface area contributed by atoms with E-state index in [2.05, 4.69) is 9.71 Å².